The number of carbonyl (C=O) groups excluding carboxylic acids is 1. The molecular formula is C15H21BrN6O. The molecule has 1 N–H and O–H groups in total. The molecule has 1 aliphatic rings. The lowest BCUT2D eigenvalue weighted by atomic mass is 10.0. The Morgan fingerprint density at radius 3 is 2.57 bits per heavy atom. The number of aryl methyl sites for hydroxylation is 1. The van der Waals surface area contributed by atoms with Crippen LogP contribution in [0.5, 0.6) is 0 Å². The van der Waals surface area contributed by atoms with Crippen LogP contribution in [0.4, 0.5) is 0 Å². The Morgan fingerprint density at radius 1 is 1.30 bits per heavy atom. The number of nitrogens with zero attached hydrogens (tertiary/aromatic N) is 5. The van der Waals surface area contributed by atoms with E-state index in [-0.39, 0.29) is 11.9 Å². The zero-order valence-electron chi connectivity index (χ0n) is 13.3. The van der Waals surface area contributed by atoms with Gasteiger partial charge in [-0.2, -0.15) is 10.2 Å². The zero-order valence-corrected chi connectivity index (χ0v) is 14.9. The van der Waals surface area contributed by atoms with Crippen molar-refractivity contribution in [1.29, 1.82) is 0 Å². The Kier molecular flexibility index (Phi) is 4.82. The summed E-state index contributed by atoms with van der Waals surface area (Å²) in [5.74, 6) is 0.112. The summed E-state index contributed by atoms with van der Waals surface area (Å²) < 4.78 is 4.69. The summed E-state index contributed by atoms with van der Waals surface area (Å²) in [5.41, 5.74) is 0.901. The van der Waals surface area contributed by atoms with Crippen LogP contribution in [-0.4, -0.2) is 50.5 Å². The highest BCUT2D eigenvalue weighted by molar-refractivity contribution is 9.10. The molecule has 0 aromatic carbocycles. The molecule has 1 aliphatic heterocycles. The number of nitrogens with one attached hydrogen (secondary N) is 1. The van der Waals surface area contributed by atoms with Crippen molar-refractivity contribution in [1.82, 2.24) is 29.8 Å². The Labute approximate surface area is 143 Å². The van der Waals surface area contributed by atoms with Gasteiger partial charge in [0, 0.05) is 38.1 Å². The van der Waals surface area contributed by atoms with E-state index in [2.05, 4.69) is 31.4 Å². The Bertz CT molecular complexity index is 673. The number of hydrogen-bond donors (Lipinski definition) is 1. The first-order valence-corrected chi connectivity index (χ1v) is 8.52. The number of rotatable bonds is 4. The van der Waals surface area contributed by atoms with Crippen molar-refractivity contribution < 1.29 is 4.79 Å². The van der Waals surface area contributed by atoms with E-state index in [9.17, 15) is 4.79 Å². The predicted octanol–water partition coefficient (Wildman–Crippen LogP) is 1.50. The summed E-state index contributed by atoms with van der Waals surface area (Å²) >= 11 is 3.43. The van der Waals surface area contributed by atoms with Gasteiger partial charge >= 0.3 is 0 Å². The minimum Gasteiger partial charge on any atom is -0.341 e. The van der Waals surface area contributed by atoms with E-state index in [1.54, 1.807) is 17.1 Å². The summed E-state index contributed by atoms with van der Waals surface area (Å²) in [7, 11) is 3.66. The SMILES string of the molecule is CNC(C(=O)N1CCC(n2cc(Br)cn2)CC1)c1cnn(C)c1. The molecule has 0 bridgehead atoms. The molecule has 3 heterocycles. The van der Waals surface area contributed by atoms with Crippen molar-refractivity contribution in [3.8, 4) is 0 Å². The topological polar surface area (TPSA) is 68.0 Å². The quantitative estimate of drug-likeness (QED) is 0.872. The molecule has 8 heteroatoms. The standard InChI is InChI=1S/C15H21BrN6O/c1-17-14(11-7-18-20(2)9-11)15(23)21-5-3-13(4-6-21)22-10-12(16)8-19-22/h7-10,13-14,17H,3-6H2,1-2H3. The maximum atomic E-state index is 12.8. The van der Waals surface area contributed by atoms with E-state index in [0.717, 1.165) is 36.0 Å². The molecule has 0 spiro atoms. The lowest BCUT2D eigenvalue weighted by Crippen LogP contribution is -2.44. The maximum absolute atomic E-state index is 12.8. The Morgan fingerprint density at radius 2 is 2.04 bits per heavy atom. The second kappa shape index (κ2) is 6.84. The number of likely N-dealkylation sites (N-methyl/N-ethyl adjacent to an activating group) is 1. The van der Waals surface area contributed by atoms with Crippen molar-refractivity contribution >= 4 is 21.8 Å². The molecule has 23 heavy (non-hydrogen) atoms. The van der Waals surface area contributed by atoms with Crippen LogP contribution in [0.15, 0.2) is 29.3 Å². The fraction of sp³-hybridized carbons (Fsp3) is 0.533. The molecule has 1 amide bonds. The van der Waals surface area contributed by atoms with E-state index < -0.39 is 0 Å². The summed E-state index contributed by atoms with van der Waals surface area (Å²) in [5, 5.41) is 11.6. The monoisotopic (exact) mass is 380 g/mol. The van der Waals surface area contributed by atoms with E-state index in [1.807, 2.05) is 36.1 Å². The number of aromatic nitrogens is 4. The van der Waals surface area contributed by atoms with Crippen LogP contribution in [0, 0.1) is 0 Å². The van der Waals surface area contributed by atoms with Crippen LogP contribution in [0.25, 0.3) is 0 Å². The lowest BCUT2D eigenvalue weighted by molar-refractivity contribution is -0.134. The van der Waals surface area contributed by atoms with Crippen molar-refractivity contribution in [2.75, 3.05) is 20.1 Å². The molecule has 0 aliphatic carbocycles. The molecule has 7 nitrogen and oxygen atoms in total. The summed E-state index contributed by atoms with van der Waals surface area (Å²) in [6.45, 7) is 1.50. The maximum Gasteiger partial charge on any atom is 0.244 e. The summed E-state index contributed by atoms with van der Waals surface area (Å²) in [6.07, 6.45) is 9.26. The molecule has 1 fully saturated rings. The second-order valence-electron chi connectivity index (χ2n) is 5.86. The van der Waals surface area contributed by atoms with Crippen LogP contribution in [-0.2, 0) is 11.8 Å². The molecule has 0 radical (unpaired) electrons. The van der Waals surface area contributed by atoms with Gasteiger partial charge in [-0.1, -0.05) is 0 Å². The number of hydrogen-bond acceptors (Lipinski definition) is 4. The van der Waals surface area contributed by atoms with Gasteiger partial charge in [0.1, 0.15) is 6.04 Å². The van der Waals surface area contributed by atoms with Crippen LogP contribution in [0.2, 0.25) is 0 Å². The van der Waals surface area contributed by atoms with Crippen molar-refractivity contribution in [2.45, 2.75) is 24.9 Å². The first-order chi connectivity index (χ1) is 11.1. The second-order valence-corrected chi connectivity index (χ2v) is 6.78. The van der Waals surface area contributed by atoms with Crippen molar-refractivity contribution in [2.24, 2.45) is 7.05 Å². The normalized spacial score (nSPS) is 17.4. The van der Waals surface area contributed by atoms with Crippen molar-refractivity contribution in [3.63, 3.8) is 0 Å². The smallest absolute Gasteiger partial charge is 0.244 e. The number of piperidine rings is 1. The van der Waals surface area contributed by atoms with E-state index in [1.165, 1.54) is 0 Å². The largest absolute Gasteiger partial charge is 0.341 e. The highest BCUT2D eigenvalue weighted by Gasteiger charge is 2.29. The van der Waals surface area contributed by atoms with Crippen LogP contribution >= 0.6 is 15.9 Å². The molecule has 2 aromatic rings. The first kappa shape index (κ1) is 16.2. The highest BCUT2D eigenvalue weighted by atomic mass is 79.9. The number of amides is 1. The lowest BCUT2D eigenvalue weighted by Gasteiger charge is -2.34. The highest BCUT2D eigenvalue weighted by Crippen LogP contribution is 2.25. The predicted molar refractivity (Wildman–Crippen MR) is 89.8 cm³/mol. The number of likely N-dealkylation sites (tertiary alicyclic amines) is 1. The van der Waals surface area contributed by atoms with Crippen LogP contribution < -0.4 is 5.32 Å². The third-order valence-corrected chi connectivity index (χ3v) is 4.72. The number of halogens is 1. The third-order valence-electron chi connectivity index (χ3n) is 4.31. The third kappa shape index (κ3) is 3.48. The van der Waals surface area contributed by atoms with E-state index in [4.69, 9.17) is 0 Å². The van der Waals surface area contributed by atoms with Gasteiger partial charge in [-0.3, -0.25) is 14.2 Å². The fourth-order valence-corrected chi connectivity index (χ4v) is 3.37. The van der Waals surface area contributed by atoms with Gasteiger partial charge in [-0.25, -0.2) is 0 Å². The van der Waals surface area contributed by atoms with Gasteiger partial charge in [0.15, 0.2) is 0 Å². The summed E-state index contributed by atoms with van der Waals surface area (Å²) in [6, 6.07) is 0.0240. The van der Waals surface area contributed by atoms with Gasteiger partial charge in [-0.15, -0.1) is 0 Å². The molecule has 3 rings (SSSR count). The zero-order chi connectivity index (χ0) is 16.4. The molecule has 1 saturated heterocycles. The minimum atomic E-state index is -0.334. The van der Waals surface area contributed by atoms with Crippen molar-refractivity contribution in [3.05, 3.63) is 34.8 Å². The van der Waals surface area contributed by atoms with Gasteiger partial charge < -0.3 is 10.2 Å². The Balaban J connectivity index is 1.63. The molecule has 2 aromatic heterocycles. The Hall–Kier alpha value is -1.67. The van der Waals surface area contributed by atoms with Gasteiger partial charge in [-0.05, 0) is 35.8 Å². The molecule has 0 saturated carbocycles. The van der Waals surface area contributed by atoms with Crippen LogP contribution in [0.1, 0.15) is 30.5 Å². The summed E-state index contributed by atoms with van der Waals surface area (Å²) in [4.78, 5) is 14.7. The number of carbonyl (C=O) groups is 1. The average molecular weight is 381 g/mol. The average Bonchev–Trinajstić information content (AvgIpc) is 3.17. The van der Waals surface area contributed by atoms with Crippen LogP contribution in [0.3, 0.4) is 0 Å². The fourth-order valence-electron chi connectivity index (χ4n) is 3.07. The van der Waals surface area contributed by atoms with Gasteiger partial charge in [0.05, 0.1) is 22.9 Å². The minimum absolute atomic E-state index is 0.112. The van der Waals surface area contributed by atoms with Gasteiger partial charge in [0.2, 0.25) is 5.91 Å². The first-order valence-electron chi connectivity index (χ1n) is 7.72. The molecular weight excluding hydrogens is 360 g/mol. The van der Waals surface area contributed by atoms with E-state index in [0.29, 0.717) is 6.04 Å². The van der Waals surface area contributed by atoms with Gasteiger partial charge in [0.25, 0.3) is 0 Å². The molecule has 1 atom stereocenters. The van der Waals surface area contributed by atoms with E-state index >= 15 is 0 Å². The molecule has 124 valence electrons. The molecule has 1 unspecified atom stereocenters.